The van der Waals surface area contributed by atoms with Crippen LogP contribution in [0.4, 0.5) is 0 Å². The molecule has 0 heterocycles. The van der Waals surface area contributed by atoms with Crippen molar-refractivity contribution >= 4 is 0 Å². The molecule has 0 amide bonds. The second-order valence-corrected chi connectivity index (χ2v) is 3.52. The van der Waals surface area contributed by atoms with E-state index in [4.69, 9.17) is 0 Å². The SMILES string of the molecule is CN(C)CC[C@H](O)c1ccccc1.[Y]. The predicted octanol–water partition coefficient (Wildman–Crippen LogP) is 1.67. The Morgan fingerprint density at radius 1 is 1.21 bits per heavy atom. The number of aliphatic hydroxyl groups is 1. The van der Waals surface area contributed by atoms with Crippen molar-refractivity contribution in [3.63, 3.8) is 0 Å². The zero-order valence-electron chi connectivity index (χ0n) is 8.85. The van der Waals surface area contributed by atoms with Crippen LogP contribution in [-0.4, -0.2) is 30.6 Å². The quantitative estimate of drug-likeness (QED) is 0.898. The van der Waals surface area contributed by atoms with Crippen LogP contribution in [0.25, 0.3) is 0 Å². The van der Waals surface area contributed by atoms with E-state index < -0.39 is 0 Å². The fourth-order valence-corrected chi connectivity index (χ4v) is 1.22. The first-order chi connectivity index (χ1) is 6.20. The van der Waals surface area contributed by atoms with Gasteiger partial charge in [-0.05, 0) is 26.1 Å². The molecular formula is C11H17NOY. The van der Waals surface area contributed by atoms with E-state index in [1.807, 2.05) is 44.4 Å². The third-order valence-electron chi connectivity index (χ3n) is 2.03. The first-order valence-electron chi connectivity index (χ1n) is 4.58. The van der Waals surface area contributed by atoms with E-state index >= 15 is 0 Å². The fourth-order valence-electron chi connectivity index (χ4n) is 1.22. The van der Waals surface area contributed by atoms with Gasteiger partial charge in [0.05, 0.1) is 6.10 Å². The molecule has 0 aliphatic carbocycles. The maximum Gasteiger partial charge on any atom is 0.0802 e. The average molecular weight is 268 g/mol. The minimum atomic E-state index is -0.330. The van der Waals surface area contributed by atoms with Gasteiger partial charge >= 0.3 is 0 Å². The Balaban J connectivity index is 0.00000169. The van der Waals surface area contributed by atoms with Gasteiger partial charge in [0.2, 0.25) is 0 Å². The summed E-state index contributed by atoms with van der Waals surface area (Å²) < 4.78 is 0. The number of rotatable bonds is 4. The molecule has 1 atom stereocenters. The first-order valence-corrected chi connectivity index (χ1v) is 4.58. The van der Waals surface area contributed by atoms with Crippen molar-refractivity contribution in [3.8, 4) is 0 Å². The van der Waals surface area contributed by atoms with Crippen molar-refractivity contribution in [3.05, 3.63) is 35.9 Å². The molecule has 0 bridgehead atoms. The van der Waals surface area contributed by atoms with E-state index in [1.165, 1.54) is 0 Å². The number of hydrogen-bond donors (Lipinski definition) is 1. The zero-order valence-corrected chi connectivity index (χ0v) is 11.7. The average Bonchev–Trinajstić information content (AvgIpc) is 2.15. The summed E-state index contributed by atoms with van der Waals surface area (Å²) in [7, 11) is 4.02. The van der Waals surface area contributed by atoms with Gasteiger partial charge in [0.15, 0.2) is 0 Å². The largest absolute Gasteiger partial charge is 0.388 e. The van der Waals surface area contributed by atoms with Crippen LogP contribution >= 0.6 is 0 Å². The Bertz CT molecular complexity index is 238. The molecule has 1 aromatic carbocycles. The van der Waals surface area contributed by atoms with Crippen LogP contribution < -0.4 is 0 Å². The van der Waals surface area contributed by atoms with Crippen LogP contribution in [0, 0.1) is 0 Å². The van der Waals surface area contributed by atoms with Crippen molar-refractivity contribution in [2.75, 3.05) is 20.6 Å². The number of hydrogen-bond acceptors (Lipinski definition) is 2. The Kier molecular flexibility index (Phi) is 7.66. The number of aliphatic hydroxyl groups excluding tert-OH is 1. The molecule has 3 heteroatoms. The Hall–Kier alpha value is 0.244. The van der Waals surface area contributed by atoms with Crippen molar-refractivity contribution in [2.24, 2.45) is 0 Å². The van der Waals surface area contributed by atoms with Crippen LogP contribution in [0.5, 0.6) is 0 Å². The molecule has 0 unspecified atom stereocenters. The molecular weight excluding hydrogens is 251 g/mol. The van der Waals surface area contributed by atoms with Crippen LogP contribution in [0.15, 0.2) is 30.3 Å². The molecule has 75 valence electrons. The Labute approximate surface area is 111 Å². The third kappa shape index (κ3) is 5.21. The van der Waals surface area contributed by atoms with E-state index in [2.05, 4.69) is 4.90 Å². The van der Waals surface area contributed by atoms with Crippen LogP contribution in [-0.2, 0) is 32.7 Å². The third-order valence-corrected chi connectivity index (χ3v) is 2.03. The second-order valence-electron chi connectivity index (χ2n) is 3.52. The molecule has 2 nitrogen and oxygen atoms in total. The molecule has 1 aromatic rings. The standard InChI is InChI=1S/C11H17NO.Y/c1-12(2)9-8-11(13)10-6-4-3-5-7-10;/h3-7,11,13H,8-9H2,1-2H3;/t11-;/m0./s1. The van der Waals surface area contributed by atoms with Crippen molar-refractivity contribution in [2.45, 2.75) is 12.5 Å². The molecule has 0 aromatic heterocycles. The van der Waals surface area contributed by atoms with Gasteiger partial charge in [-0.15, -0.1) is 0 Å². The van der Waals surface area contributed by atoms with Crippen molar-refractivity contribution < 1.29 is 37.8 Å². The van der Waals surface area contributed by atoms with Gasteiger partial charge in [0, 0.05) is 39.3 Å². The minimum Gasteiger partial charge on any atom is -0.388 e. The summed E-state index contributed by atoms with van der Waals surface area (Å²) in [4.78, 5) is 2.08. The van der Waals surface area contributed by atoms with Gasteiger partial charge in [0.1, 0.15) is 0 Å². The summed E-state index contributed by atoms with van der Waals surface area (Å²) in [5.41, 5.74) is 1.00. The molecule has 0 aliphatic heterocycles. The molecule has 0 spiro atoms. The van der Waals surface area contributed by atoms with Gasteiger partial charge in [-0.2, -0.15) is 0 Å². The summed E-state index contributed by atoms with van der Waals surface area (Å²) in [6, 6.07) is 9.78. The maximum atomic E-state index is 9.74. The van der Waals surface area contributed by atoms with Crippen LogP contribution in [0.3, 0.4) is 0 Å². The Morgan fingerprint density at radius 3 is 2.29 bits per heavy atom. The molecule has 0 saturated heterocycles. The van der Waals surface area contributed by atoms with Crippen molar-refractivity contribution in [1.82, 2.24) is 4.90 Å². The summed E-state index contributed by atoms with van der Waals surface area (Å²) in [6.45, 7) is 0.913. The van der Waals surface area contributed by atoms with E-state index in [1.54, 1.807) is 0 Å². The first kappa shape index (κ1) is 14.2. The molecule has 1 rings (SSSR count). The minimum absolute atomic E-state index is 0. The van der Waals surface area contributed by atoms with E-state index in [0.717, 1.165) is 18.5 Å². The molecule has 0 saturated carbocycles. The van der Waals surface area contributed by atoms with Crippen LogP contribution in [0.2, 0.25) is 0 Å². The predicted molar refractivity (Wildman–Crippen MR) is 54.6 cm³/mol. The smallest absolute Gasteiger partial charge is 0.0802 e. The maximum absolute atomic E-state index is 9.74. The van der Waals surface area contributed by atoms with E-state index in [9.17, 15) is 5.11 Å². The second kappa shape index (κ2) is 7.52. The van der Waals surface area contributed by atoms with E-state index in [0.29, 0.717) is 0 Å². The normalized spacial score (nSPS) is 12.3. The van der Waals surface area contributed by atoms with Gasteiger partial charge in [0.25, 0.3) is 0 Å². The molecule has 14 heavy (non-hydrogen) atoms. The topological polar surface area (TPSA) is 23.5 Å². The molecule has 1 N–H and O–H groups in total. The van der Waals surface area contributed by atoms with Gasteiger partial charge in [-0.1, -0.05) is 30.3 Å². The summed E-state index contributed by atoms with van der Waals surface area (Å²) in [5.74, 6) is 0. The zero-order chi connectivity index (χ0) is 9.68. The monoisotopic (exact) mass is 268 g/mol. The number of benzene rings is 1. The van der Waals surface area contributed by atoms with Gasteiger partial charge in [-0.25, -0.2) is 0 Å². The van der Waals surface area contributed by atoms with Gasteiger partial charge in [-0.3, -0.25) is 0 Å². The molecule has 0 fully saturated rings. The Morgan fingerprint density at radius 2 is 1.79 bits per heavy atom. The summed E-state index contributed by atoms with van der Waals surface area (Å²) in [5, 5.41) is 9.74. The van der Waals surface area contributed by atoms with Crippen molar-refractivity contribution in [1.29, 1.82) is 0 Å². The summed E-state index contributed by atoms with van der Waals surface area (Å²) in [6.07, 6.45) is 0.459. The molecule has 0 aliphatic rings. The van der Waals surface area contributed by atoms with Gasteiger partial charge < -0.3 is 10.0 Å². The molecule has 1 radical (unpaired) electrons. The van der Waals surface area contributed by atoms with Crippen LogP contribution in [0.1, 0.15) is 18.1 Å². The summed E-state index contributed by atoms with van der Waals surface area (Å²) >= 11 is 0. The fraction of sp³-hybridized carbons (Fsp3) is 0.455. The number of nitrogens with zero attached hydrogens (tertiary/aromatic N) is 1. The van der Waals surface area contributed by atoms with E-state index in [-0.39, 0.29) is 38.8 Å².